The predicted molar refractivity (Wildman–Crippen MR) is 186 cm³/mol. The molecule has 0 aliphatic carbocycles. The van der Waals surface area contributed by atoms with Crippen molar-refractivity contribution in [1.29, 1.82) is 0 Å². The zero-order valence-corrected chi connectivity index (χ0v) is 30.5. The van der Waals surface area contributed by atoms with E-state index < -0.39 is 26.8 Å². The number of carboxylic acids is 1. The van der Waals surface area contributed by atoms with Crippen molar-refractivity contribution in [2.75, 3.05) is 54.3 Å². The van der Waals surface area contributed by atoms with Crippen LogP contribution >= 0.6 is 0 Å². The molecule has 0 unspecified atom stereocenters. The van der Waals surface area contributed by atoms with Crippen molar-refractivity contribution in [2.45, 2.75) is 65.3 Å². The molecule has 2 aromatic carbocycles. The lowest BCUT2D eigenvalue weighted by Crippen LogP contribution is -2.46. The van der Waals surface area contributed by atoms with E-state index in [1.807, 2.05) is 20.8 Å². The summed E-state index contributed by atoms with van der Waals surface area (Å²) in [5, 5.41) is 12.5. The molecule has 49 heavy (non-hydrogen) atoms. The number of carbonyl (C=O) groups excluding carboxylic acids is 2. The number of unbranched alkanes of at least 4 members (excludes halogenated alkanes) is 3. The Kier molecular flexibility index (Phi) is 18.9. The summed E-state index contributed by atoms with van der Waals surface area (Å²) in [6.45, 7) is 7.91. The van der Waals surface area contributed by atoms with Crippen LogP contribution in [0.5, 0.6) is 23.0 Å². The van der Waals surface area contributed by atoms with E-state index in [1.165, 1.54) is 27.4 Å². The number of carbonyl (C=O) groups is 3. The van der Waals surface area contributed by atoms with Crippen LogP contribution in [0.4, 0.5) is 4.79 Å². The van der Waals surface area contributed by atoms with E-state index in [0.717, 1.165) is 12.8 Å². The van der Waals surface area contributed by atoms with Gasteiger partial charge in [0, 0.05) is 38.0 Å². The topological polar surface area (TPSA) is 157 Å². The fourth-order valence-electron chi connectivity index (χ4n) is 4.91. The molecule has 0 aromatic heterocycles. The molecule has 0 fully saturated rings. The maximum Gasteiger partial charge on any atom is 0.500 e. The highest BCUT2D eigenvalue weighted by atomic mass is 28.4. The van der Waals surface area contributed by atoms with E-state index in [-0.39, 0.29) is 29.2 Å². The smallest absolute Gasteiger partial charge is 0.493 e. The van der Waals surface area contributed by atoms with Gasteiger partial charge < -0.3 is 47.4 Å². The summed E-state index contributed by atoms with van der Waals surface area (Å²) in [4.78, 5) is 36.8. The minimum Gasteiger partial charge on any atom is -0.493 e. The number of amides is 1. The van der Waals surface area contributed by atoms with E-state index in [2.05, 4.69) is 5.32 Å². The van der Waals surface area contributed by atoms with Gasteiger partial charge in [-0.15, -0.1) is 0 Å². The Morgan fingerprint density at radius 1 is 0.755 bits per heavy atom. The molecule has 2 aromatic rings. The standard InChI is InChI=1S/C35H51NO12Si/c1-7-45-49(46-8-2,47-9-3)22-14-20-36-35(40)44-21-13-11-10-12-15-27(33(37)38)23-26-16-18-30(31(24-26)42-5)48-34(39)28-17-19-29(41-4)32(25-28)43-6/h16-19,23-25H,7-15,20-22H2,1-6H3,(H,36,40)(H,37,38)/b27-23+. The second-order valence-corrected chi connectivity index (χ2v) is 13.4. The van der Waals surface area contributed by atoms with E-state index in [4.69, 9.17) is 37.0 Å². The maximum atomic E-state index is 12.8. The summed E-state index contributed by atoms with van der Waals surface area (Å²) in [6.07, 6.45) is 4.94. The van der Waals surface area contributed by atoms with Gasteiger partial charge in [-0.25, -0.2) is 14.4 Å². The highest BCUT2D eigenvalue weighted by Gasteiger charge is 2.39. The van der Waals surface area contributed by atoms with E-state index in [9.17, 15) is 19.5 Å². The summed E-state index contributed by atoms with van der Waals surface area (Å²) in [5.74, 6) is -0.330. The molecular formula is C35H51NO12Si. The van der Waals surface area contributed by atoms with Crippen LogP contribution in [-0.4, -0.2) is 86.2 Å². The fraction of sp³-hybridized carbons (Fsp3) is 0.514. The molecule has 0 saturated heterocycles. The SMILES string of the molecule is CCO[Si](CCCNC(=O)OCCCCCC/C(=C\c1ccc(OC(=O)c2ccc(OC)c(OC)c2)c(OC)c1)C(=O)O)(OCC)OCC. The second kappa shape index (κ2) is 22.5. The predicted octanol–water partition coefficient (Wildman–Crippen LogP) is 6.51. The van der Waals surface area contributed by atoms with Crippen molar-refractivity contribution in [3.8, 4) is 23.0 Å². The van der Waals surface area contributed by atoms with Crippen molar-refractivity contribution in [2.24, 2.45) is 0 Å². The number of alkyl carbamates (subject to hydrolysis) is 1. The molecule has 14 heteroatoms. The Hall–Kier alpha value is -4.11. The van der Waals surface area contributed by atoms with E-state index in [1.54, 1.807) is 36.4 Å². The lowest BCUT2D eigenvalue weighted by Gasteiger charge is -2.28. The molecular weight excluding hydrogens is 654 g/mol. The molecule has 13 nitrogen and oxygen atoms in total. The molecule has 0 saturated carbocycles. The van der Waals surface area contributed by atoms with Crippen LogP contribution in [0, 0.1) is 0 Å². The van der Waals surface area contributed by atoms with Gasteiger partial charge in [-0.05, 0) is 88.4 Å². The number of methoxy groups -OCH3 is 3. The number of hydrogen-bond acceptors (Lipinski definition) is 11. The number of nitrogens with one attached hydrogen (secondary N) is 1. The average Bonchev–Trinajstić information content (AvgIpc) is 3.09. The Bertz CT molecular complexity index is 1350. The largest absolute Gasteiger partial charge is 0.500 e. The monoisotopic (exact) mass is 705 g/mol. The van der Waals surface area contributed by atoms with Crippen molar-refractivity contribution in [1.82, 2.24) is 5.32 Å². The average molecular weight is 706 g/mol. The minimum atomic E-state index is -2.74. The van der Waals surface area contributed by atoms with Gasteiger partial charge in [-0.2, -0.15) is 0 Å². The second-order valence-electron chi connectivity index (χ2n) is 10.7. The normalized spacial score (nSPS) is 11.5. The van der Waals surface area contributed by atoms with E-state index in [0.29, 0.717) is 75.2 Å². The highest BCUT2D eigenvalue weighted by Crippen LogP contribution is 2.32. The molecule has 0 aliphatic rings. The van der Waals surface area contributed by atoms with Crippen LogP contribution in [0.2, 0.25) is 6.04 Å². The first-order valence-corrected chi connectivity index (χ1v) is 18.5. The zero-order valence-electron chi connectivity index (χ0n) is 29.5. The first-order valence-electron chi connectivity index (χ1n) is 16.5. The number of benzene rings is 2. The maximum absolute atomic E-state index is 12.8. The Morgan fingerprint density at radius 2 is 1.37 bits per heavy atom. The molecule has 0 heterocycles. The summed E-state index contributed by atoms with van der Waals surface area (Å²) in [6, 6.07) is 10.1. The third kappa shape index (κ3) is 14.1. The lowest BCUT2D eigenvalue weighted by molar-refractivity contribution is -0.132. The van der Waals surface area contributed by atoms with Crippen LogP contribution in [0.25, 0.3) is 6.08 Å². The van der Waals surface area contributed by atoms with Crippen LogP contribution in [0.15, 0.2) is 42.0 Å². The fourth-order valence-corrected chi connectivity index (χ4v) is 7.52. The van der Waals surface area contributed by atoms with Crippen molar-refractivity contribution in [3.05, 3.63) is 53.1 Å². The number of hydrogen-bond donors (Lipinski definition) is 2. The molecule has 2 N–H and O–H groups in total. The van der Waals surface area contributed by atoms with Crippen LogP contribution in [0.1, 0.15) is 75.2 Å². The number of carboxylic acid groups (broad SMARTS) is 1. The van der Waals surface area contributed by atoms with Crippen molar-refractivity contribution >= 4 is 32.9 Å². The summed E-state index contributed by atoms with van der Waals surface area (Å²) < 4.78 is 44.2. The number of ether oxygens (including phenoxy) is 5. The Balaban J connectivity index is 1.79. The van der Waals surface area contributed by atoms with Gasteiger partial charge >= 0.3 is 26.8 Å². The van der Waals surface area contributed by atoms with E-state index >= 15 is 0 Å². The number of rotatable bonds is 24. The van der Waals surface area contributed by atoms with Gasteiger partial charge in [0.2, 0.25) is 0 Å². The molecule has 0 bridgehead atoms. The minimum absolute atomic E-state index is 0.181. The molecule has 0 aliphatic heterocycles. The lowest BCUT2D eigenvalue weighted by atomic mass is 10.0. The zero-order chi connectivity index (χ0) is 36.1. The first-order chi connectivity index (χ1) is 23.6. The quantitative estimate of drug-likeness (QED) is 0.0402. The molecule has 0 spiro atoms. The molecule has 0 radical (unpaired) electrons. The molecule has 272 valence electrons. The molecule has 1 amide bonds. The summed E-state index contributed by atoms with van der Waals surface area (Å²) in [7, 11) is 1.67. The Labute approximate surface area is 290 Å². The number of esters is 1. The van der Waals surface area contributed by atoms with Gasteiger partial charge in [0.05, 0.1) is 33.5 Å². The van der Waals surface area contributed by atoms with Gasteiger partial charge in [0.1, 0.15) is 0 Å². The third-order valence-electron chi connectivity index (χ3n) is 7.22. The number of aliphatic carboxylic acids is 1. The van der Waals surface area contributed by atoms with Crippen LogP contribution in [-0.2, 0) is 22.8 Å². The first kappa shape index (κ1) is 41.1. The summed E-state index contributed by atoms with van der Waals surface area (Å²) in [5.41, 5.74) is 1.07. The van der Waals surface area contributed by atoms with Gasteiger partial charge in [0.25, 0.3) is 0 Å². The van der Waals surface area contributed by atoms with Crippen molar-refractivity contribution < 1.29 is 56.5 Å². The molecule has 0 atom stereocenters. The third-order valence-corrected chi connectivity index (χ3v) is 10.4. The highest BCUT2D eigenvalue weighted by molar-refractivity contribution is 6.60. The van der Waals surface area contributed by atoms with Crippen LogP contribution < -0.4 is 24.3 Å². The molecule has 2 rings (SSSR count). The van der Waals surface area contributed by atoms with Crippen LogP contribution in [0.3, 0.4) is 0 Å². The van der Waals surface area contributed by atoms with Crippen molar-refractivity contribution in [3.63, 3.8) is 0 Å². The Morgan fingerprint density at radius 3 is 1.98 bits per heavy atom. The van der Waals surface area contributed by atoms with Gasteiger partial charge in [0.15, 0.2) is 23.0 Å². The van der Waals surface area contributed by atoms with Gasteiger partial charge in [-0.1, -0.05) is 18.9 Å². The van der Waals surface area contributed by atoms with Gasteiger partial charge in [-0.3, -0.25) is 0 Å². The summed E-state index contributed by atoms with van der Waals surface area (Å²) >= 11 is 0.